The maximum absolute atomic E-state index is 12.8. The summed E-state index contributed by atoms with van der Waals surface area (Å²) < 4.78 is 28.2. The van der Waals surface area contributed by atoms with Crippen LogP contribution in [-0.2, 0) is 27.7 Å². The molecule has 1 amide bonds. The molecule has 146 valence electrons. The topological polar surface area (TPSA) is 87.6 Å². The Hall–Kier alpha value is -2.67. The minimum atomic E-state index is -3.64. The second kappa shape index (κ2) is 7.39. The number of rotatable bonds is 4. The number of benzene rings is 2. The molecule has 2 aliphatic rings. The Morgan fingerprint density at radius 3 is 2.46 bits per heavy atom. The Labute approximate surface area is 165 Å². The van der Waals surface area contributed by atoms with E-state index in [1.165, 1.54) is 5.56 Å². The van der Waals surface area contributed by atoms with Crippen molar-refractivity contribution < 1.29 is 13.2 Å². The molecule has 1 atom stereocenters. The molecule has 0 aromatic heterocycles. The lowest BCUT2D eigenvalue weighted by molar-refractivity contribution is -0.121. The van der Waals surface area contributed by atoms with Gasteiger partial charge in [-0.05, 0) is 66.6 Å². The van der Waals surface area contributed by atoms with E-state index in [4.69, 9.17) is 0 Å². The van der Waals surface area contributed by atoms with Crippen molar-refractivity contribution in [3.63, 3.8) is 0 Å². The molecule has 6 nitrogen and oxygen atoms in total. The van der Waals surface area contributed by atoms with Gasteiger partial charge in [-0.25, -0.2) is 13.8 Å². The van der Waals surface area contributed by atoms with E-state index in [1.54, 1.807) is 24.3 Å². The Balaban J connectivity index is 1.53. The molecule has 2 aromatic carbocycles. The molecule has 0 spiro atoms. The van der Waals surface area contributed by atoms with Crippen LogP contribution in [-0.4, -0.2) is 20.0 Å². The van der Waals surface area contributed by atoms with Gasteiger partial charge in [0.05, 0.1) is 10.6 Å². The molecule has 28 heavy (non-hydrogen) atoms. The Kier molecular flexibility index (Phi) is 4.93. The summed E-state index contributed by atoms with van der Waals surface area (Å²) in [7, 11) is -3.64. The highest BCUT2D eigenvalue weighted by molar-refractivity contribution is 7.92. The summed E-state index contributed by atoms with van der Waals surface area (Å²) in [6.45, 7) is 1.95. The van der Waals surface area contributed by atoms with Gasteiger partial charge in [-0.15, -0.1) is 0 Å². The van der Waals surface area contributed by atoms with Crippen LogP contribution < -0.4 is 10.1 Å². The molecule has 2 N–H and O–H groups in total. The first-order chi connectivity index (χ1) is 13.4. The highest BCUT2D eigenvalue weighted by Gasteiger charge is 2.22. The number of carbonyl (C=O) groups is 1. The highest BCUT2D eigenvalue weighted by Crippen LogP contribution is 2.26. The lowest BCUT2D eigenvalue weighted by Gasteiger charge is -2.19. The van der Waals surface area contributed by atoms with Crippen molar-refractivity contribution in [1.29, 1.82) is 0 Å². The first kappa shape index (κ1) is 18.7. The van der Waals surface area contributed by atoms with Gasteiger partial charge in [-0.1, -0.05) is 25.1 Å². The van der Waals surface area contributed by atoms with Gasteiger partial charge in [-0.2, -0.15) is 5.10 Å². The molecule has 0 saturated carbocycles. The molecular formula is C21H23N3O3S. The maximum Gasteiger partial charge on any atom is 0.261 e. The van der Waals surface area contributed by atoms with Crippen molar-refractivity contribution in [2.24, 2.45) is 11.0 Å². The van der Waals surface area contributed by atoms with Crippen LogP contribution in [0.3, 0.4) is 0 Å². The number of carbonyl (C=O) groups excluding carboxylic acids is 1. The zero-order valence-electron chi connectivity index (χ0n) is 15.7. The zero-order chi connectivity index (χ0) is 19.7. The van der Waals surface area contributed by atoms with Crippen molar-refractivity contribution >= 4 is 27.3 Å². The zero-order valence-corrected chi connectivity index (χ0v) is 16.6. The fraction of sp³-hybridized carbons (Fsp3) is 0.333. The molecule has 2 aromatic rings. The number of fused-ring (bicyclic) bond motifs is 1. The third-order valence-electron chi connectivity index (χ3n) is 5.32. The molecule has 0 saturated heterocycles. The average molecular weight is 398 g/mol. The predicted octanol–water partition coefficient (Wildman–Crippen LogP) is 3.23. The third kappa shape index (κ3) is 3.80. The number of anilines is 1. The van der Waals surface area contributed by atoms with Crippen molar-refractivity contribution in [2.75, 3.05) is 4.72 Å². The Morgan fingerprint density at radius 2 is 1.75 bits per heavy atom. The van der Waals surface area contributed by atoms with Crippen molar-refractivity contribution in [3.8, 4) is 0 Å². The smallest absolute Gasteiger partial charge is 0.261 e. The van der Waals surface area contributed by atoms with Crippen LogP contribution in [0.15, 0.2) is 52.5 Å². The van der Waals surface area contributed by atoms with E-state index >= 15 is 0 Å². The molecule has 0 radical (unpaired) electrons. The average Bonchev–Trinajstić information content (AvgIpc) is 2.68. The second-order valence-corrected chi connectivity index (χ2v) is 9.14. The molecule has 4 rings (SSSR count). The molecule has 0 fully saturated rings. The summed E-state index contributed by atoms with van der Waals surface area (Å²) in [5, 5.41) is 4.13. The summed E-state index contributed by atoms with van der Waals surface area (Å²) in [4.78, 5) is 11.7. The number of sulfonamides is 1. The normalized spacial score (nSPS) is 19.4. The van der Waals surface area contributed by atoms with Crippen LogP contribution in [0.4, 0.5) is 5.69 Å². The van der Waals surface area contributed by atoms with E-state index in [2.05, 4.69) is 15.2 Å². The fourth-order valence-electron chi connectivity index (χ4n) is 3.80. The first-order valence-corrected chi connectivity index (χ1v) is 11.0. The number of aryl methyl sites for hydroxylation is 2. The van der Waals surface area contributed by atoms with Gasteiger partial charge in [0, 0.05) is 18.0 Å². The SMILES string of the molecule is CC1CC(=O)NN=C1c1ccc(NS(=O)(=O)c2ccc3c(c2)CCCC3)cc1. The van der Waals surface area contributed by atoms with Crippen molar-refractivity contribution in [1.82, 2.24) is 5.43 Å². The van der Waals surface area contributed by atoms with Crippen LogP contribution in [0.1, 0.15) is 42.9 Å². The summed E-state index contributed by atoms with van der Waals surface area (Å²) >= 11 is 0. The molecule has 1 aliphatic heterocycles. The van der Waals surface area contributed by atoms with E-state index in [0.29, 0.717) is 17.0 Å². The van der Waals surface area contributed by atoms with E-state index in [0.717, 1.165) is 42.5 Å². The Morgan fingerprint density at radius 1 is 1.04 bits per heavy atom. The van der Waals surface area contributed by atoms with Gasteiger partial charge in [0.15, 0.2) is 0 Å². The van der Waals surface area contributed by atoms with Crippen LogP contribution >= 0.6 is 0 Å². The van der Waals surface area contributed by atoms with Crippen LogP contribution in [0, 0.1) is 5.92 Å². The lowest BCUT2D eigenvalue weighted by Crippen LogP contribution is -2.31. The van der Waals surface area contributed by atoms with Crippen molar-refractivity contribution in [3.05, 3.63) is 59.2 Å². The number of hydrogen-bond acceptors (Lipinski definition) is 4. The monoisotopic (exact) mass is 397 g/mol. The first-order valence-electron chi connectivity index (χ1n) is 9.54. The summed E-state index contributed by atoms with van der Waals surface area (Å²) in [5.74, 6) is -0.0718. The fourth-order valence-corrected chi connectivity index (χ4v) is 4.91. The van der Waals surface area contributed by atoms with Crippen LogP contribution in [0.2, 0.25) is 0 Å². The molecule has 0 bridgehead atoms. The van der Waals surface area contributed by atoms with E-state index in [1.807, 2.05) is 25.1 Å². The predicted molar refractivity (Wildman–Crippen MR) is 109 cm³/mol. The molecular weight excluding hydrogens is 374 g/mol. The quantitative estimate of drug-likeness (QED) is 0.830. The van der Waals surface area contributed by atoms with Crippen LogP contribution in [0.5, 0.6) is 0 Å². The van der Waals surface area contributed by atoms with Gasteiger partial charge in [0.1, 0.15) is 0 Å². The summed E-state index contributed by atoms with van der Waals surface area (Å²) in [5.41, 5.74) is 7.04. The van der Waals surface area contributed by atoms with Gasteiger partial charge in [0.25, 0.3) is 10.0 Å². The molecule has 1 heterocycles. The molecule has 7 heteroatoms. The number of hydrazone groups is 1. The third-order valence-corrected chi connectivity index (χ3v) is 6.70. The van der Waals surface area contributed by atoms with Gasteiger partial charge in [0.2, 0.25) is 5.91 Å². The summed E-state index contributed by atoms with van der Waals surface area (Å²) in [6.07, 6.45) is 4.62. The number of nitrogens with one attached hydrogen (secondary N) is 2. The molecule has 1 unspecified atom stereocenters. The standard InChI is InChI=1S/C21H23N3O3S/c1-14-12-20(25)22-23-21(14)16-6-9-18(10-7-16)24-28(26,27)19-11-8-15-4-2-3-5-17(15)13-19/h6-11,13-14,24H,2-5,12H2,1H3,(H,22,25). The van der Waals surface area contributed by atoms with Crippen molar-refractivity contribution in [2.45, 2.75) is 43.9 Å². The Bertz CT molecular complexity index is 1040. The van der Waals surface area contributed by atoms with Crippen LogP contribution in [0.25, 0.3) is 0 Å². The minimum absolute atomic E-state index is 0.0202. The van der Waals surface area contributed by atoms with Gasteiger partial charge >= 0.3 is 0 Å². The number of nitrogens with zero attached hydrogens (tertiary/aromatic N) is 1. The number of amides is 1. The maximum atomic E-state index is 12.8. The minimum Gasteiger partial charge on any atom is -0.280 e. The van der Waals surface area contributed by atoms with Gasteiger partial charge in [-0.3, -0.25) is 9.52 Å². The number of hydrogen-bond donors (Lipinski definition) is 2. The second-order valence-electron chi connectivity index (χ2n) is 7.46. The molecule has 1 aliphatic carbocycles. The largest absolute Gasteiger partial charge is 0.280 e. The van der Waals surface area contributed by atoms with Gasteiger partial charge < -0.3 is 0 Å². The van der Waals surface area contributed by atoms with E-state index in [9.17, 15) is 13.2 Å². The van der Waals surface area contributed by atoms with E-state index < -0.39 is 10.0 Å². The van der Waals surface area contributed by atoms with E-state index in [-0.39, 0.29) is 11.8 Å². The lowest BCUT2D eigenvalue weighted by atomic mass is 9.92. The highest BCUT2D eigenvalue weighted by atomic mass is 32.2. The summed E-state index contributed by atoms with van der Waals surface area (Å²) in [6, 6.07) is 12.5.